The zero-order valence-electron chi connectivity index (χ0n) is 8.09. The van der Waals surface area contributed by atoms with E-state index in [1.807, 2.05) is 6.20 Å². The van der Waals surface area contributed by atoms with E-state index in [0.717, 1.165) is 19.0 Å². The van der Waals surface area contributed by atoms with E-state index in [-0.39, 0.29) is 0 Å². The van der Waals surface area contributed by atoms with E-state index in [9.17, 15) is 0 Å². The Morgan fingerprint density at radius 1 is 1.46 bits per heavy atom. The minimum absolute atomic E-state index is 0.811. The van der Waals surface area contributed by atoms with E-state index in [1.165, 1.54) is 24.1 Å². The van der Waals surface area contributed by atoms with Gasteiger partial charge in [0.2, 0.25) is 0 Å². The molecule has 1 aromatic rings. The molecule has 1 aliphatic carbocycles. The molecule has 1 N–H and O–H groups in total. The van der Waals surface area contributed by atoms with Crippen molar-refractivity contribution in [2.45, 2.75) is 32.2 Å². The van der Waals surface area contributed by atoms with Crippen LogP contribution in [-0.2, 0) is 6.42 Å². The van der Waals surface area contributed by atoms with Crippen molar-refractivity contribution >= 4 is 0 Å². The van der Waals surface area contributed by atoms with Crippen molar-refractivity contribution in [2.24, 2.45) is 0 Å². The highest BCUT2D eigenvalue weighted by Crippen LogP contribution is 2.18. The van der Waals surface area contributed by atoms with Gasteiger partial charge < -0.3 is 5.32 Å². The van der Waals surface area contributed by atoms with E-state index >= 15 is 0 Å². The summed E-state index contributed by atoms with van der Waals surface area (Å²) >= 11 is 0. The summed E-state index contributed by atoms with van der Waals surface area (Å²) in [6.45, 7) is 3.14. The summed E-state index contributed by atoms with van der Waals surface area (Å²) in [4.78, 5) is 4.36. The molecule has 13 heavy (non-hydrogen) atoms. The summed E-state index contributed by atoms with van der Waals surface area (Å²) in [5, 5.41) is 3.48. The van der Waals surface area contributed by atoms with Crippen LogP contribution >= 0.6 is 0 Å². The quantitative estimate of drug-likeness (QED) is 0.755. The first kappa shape index (κ1) is 8.70. The Hall–Kier alpha value is -0.890. The van der Waals surface area contributed by atoms with Gasteiger partial charge in [0.15, 0.2) is 0 Å². The normalized spacial score (nSPS) is 16.1. The SMILES string of the molecule is Cc1ccc(CCNC2CC2)nc1. The molecule has 0 spiro atoms. The van der Waals surface area contributed by atoms with Crippen LogP contribution in [-0.4, -0.2) is 17.6 Å². The third-order valence-corrected chi connectivity index (χ3v) is 2.36. The van der Waals surface area contributed by atoms with Crippen LogP contribution in [0.2, 0.25) is 0 Å². The predicted molar refractivity (Wildman–Crippen MR) is 53.7 cm³/mol. The molecule has 70 valence electrons. The molecule has 0 aromatic carbocycles. The monoisotopic (exact) mass is 176 g/mol. The van der Waals surface area contributed by atoms with Crippen LogP contribution in [0, 0.1) is 6.92 Å². The molecule has 0 atom stereocenters. The Bertz CT molecular complexity index is 262. The highest BCUT2D eigenvalue weighted by molar-refractivity contribution is 5.12. The second-order valence-electron chi connectivity index (χ2n) is 3.81. The molecule has 2 heteroatoms. The number of aromatic nitrogens is 1. The average molecular weight is 176 g/mol. The van der Waals surface area contributed by atoms with Crippen molar-refractivity contribution in [3.8, 4) is 0 Å². The van der Waals surface area contributed by atoms with E-state index in [2.05, 4.69) is 29.4 Å². The number of aryl methyl sites for hydroxylation is 1. The fraction of sp³-hybridized carbons (Fsp3) is 0.545. The number of hydrogen-bond acceptors (Lipinski definition) is 2. The van der Waals surface area contributed by atoms with E-state index in [1.54, 1.807) is 0 Å². The molecule has 2 rings (SSSR count). The van der Waals surface area contributed by atoms with Crippen molar-refractivity contribution in [2.75, 3.05) is 6.54 Å². The Labute approximate surface area is 79.4 Å². The summed E-state index contributed by atoms with van der Waals surface area (Å²) in [7, 11) is 0. The fourth-order valence-electron chi connectivity index (χ4n) is 1.34. The lowest BCUT2D eigenvalue weighted by atomic mass is 10.2. The van der Waals surface area contributed by atoms with E-state index in [4.69, 9.17) is 0 Å². The summed E-state index contributed by atoms with van der Waals surface area (Å²) in [6.07, 6.45) is 5.71. The molecular formula is C11H16N2. The lowest BCUT2D eigenvalue weighted by Gasteiger charge is -2.02. The zero-order chi connectivity index (χ0) is 9.10. The standard InChI is InChI=1S/C11H16N2/c1-9-2-3-11(13-8-9)6-7-12-10-4-5-10/h2-3,8,10,12H,4-7H2,1H3. The minimum atomic E-state index is 0.811. The number of nitrogens with zero attached hydrogens (tertiary/aromatic N) is 1. The highest BCUT2D eigenvalue weighted by atomic mass is 14.9. The van der Waals surface area contributed by atoms with Gasteiger partial charge in [0.1, 0.15) is 0 Å². The van der Waals surface area contributed by atoms with Gasteiger partial charge in [-0.3, -0.25) is 4.98 Å². The van der Waals surface area contributed by atoms with Gasteiger partial charge in [0.25, 0.3) is 0 Å². The average Bonchev–Trinajstić information content (AvgIpc) is 2.92. The van der Waals surface area contributed by atoms with Crippen molar-refractivity contribution in [3.63, 3.8) is 0 Å². The third-order valence-electron chi connectivity index (χ3n) is 2.36. The van der Waals surface area contributed by atoms with Crippen molar-refractivity contribution in [1.82, 2.24) is 10.3 Å². The molecule has 1 saturated carbocycles. The van der Waals surface area contributed by atoms with Crippen LogP contribution in [0.5, 0.6) is 0 Å². The molecule has 2 nitrogen and oxygen atoms in total. The zero-order valence-corrected chi connectivity index (χ0v) is 8.09. The molecule has 0 bridgehead atoms. The van der Waals surface area contributed by atoms with Crippen LogP contribution in [0.4, 0.5) is 0 Å². The lowest BCUT2D eigenvalue weighted by molar-refractivity contribution is 0.675. The van der Waals surface area contributed by atoms with Gasteiger partial charge in [-0.15, -0.1) is 0 Å². The maximum absolute atomic E-state index is 4.36. The second kappa shape index (κ2) is 3.88. The summed E-state index contributed by atoms with van der Waals surface area (Å²) in [5.74, 6) is 0. The van der Waals surface area contributed by atoms with Crippen molar-refractivity contribution < 1.29 is 0 Å². The van der Waals surface area contributed by atoms with Crippen LogP contribution in [0.15, 0.2) is 18.3 Å². The second-order valence-corrected chi connectivity index (χ2v) is 3.81. The lowest BCUT2D eigenvalue weighted by Crippen LogP contribution is -2.19. The van der Waals surface area contributed by atoms with Gasteiger partial charge in [-0.2, -0.15) is 0 Å². The number of hydrogen-bond donors (Lipinski definition) is 1. The van der Waals surface area contributed by atoms with Crippen LogP contribution in [0.1, 0.15) is 24.1 Å². The number of rotatable bonds is 4. The molecule has 1 heterocycles. The molecule has 0 saturated heterocycles. The van der Waals surface area contributed by atoms with Crippen LogP contribution < -0.4 is 5.32 Å². The number of pyridine rings is 1. The molecule has 0 unspecified atom stereocenters. The topological polar surface area (TPSA) is 24.9 Å². The smallest absolute Gasteiger partial charge is 0.0416 e. The summed E-state index contributed by atoms with van der Waals surface area (Å²) in [6, 6.07) is 5.05. The molecule has 0 amide bonds. The van der Waals surface area contributed by atoms with Crippen molar-refractivity contribution in [3.05, 3.63) is 29.6 Å². The van der Waals surface area contributed by atoms with E-state index in [0.29, 0.717) is 0 Å². The van der Waals surface area contributed by atoms with Crippen molar-refractivity contribution in [1.29, 1.82) is 0 Å². The largest absolute Gasteiger partial charge is 0.314 e. The predicted octanol–water partition coefficient (Wildman–Crippen LogP) is 1.68. The molecule has 1 aliphatic rings. The molecular weight excluding hydrogens is 160 g/mol. The molecule has 0 aliphatic heterocycles. The van der Waals surface area contributed by atoms with Crippen LogP contribution in [0.3, 0.4) is 0 Å². The molecule has 0 radical (unpaired) electrons. The van der Waals surface area contributed by atoms with Gasteiger partial charge in [-0.25, -0.2) is 0 Å². The third kappa shape index (κ3) is 2.81. The van der Waals surface area contributed by atoms with E-state index < -0.39 is 0 Å². The maximum atomic E-state index is 4.36. The Kier molecular flexibility index (Phi) is 2.60. The van der Waals surface area contributed by atoms with Crippen LogP contribution in [0.25, 0.3) is 0 Å². The first-order valence-corrected chi connectivity index (χ1v) is 4.99. The minimum Gasteiger partial charge on any atom is -0.314 e. The summed E-state index contributed by atoms with van der Waals surface area (Å²) < 4.78 is 0. The van der Waals surface area contributed by atoms with Gasteiger partial charge in [-0.1, -0.05) is 6.07 Å². The van der Waals surface area contributed by atoms with Gasteiger partial charge >= 0.3 is 0 Å². The number of nitrogens with one attached hydrogen (secondary N) is 1. The first-order valence-electron chi connectivity index (χ1n) is 4.99. The molecule has 1 fully saturated rings. The Morgan fingerprint density at radius 2 is 2.31 bits per heavy atom. The Morgan fingerprint density at radius 3 is 2.92 bits per heavy atom. The first-order chi connectivity index (χ1) is 6.34. The molecule has 1 aromatic heterocycles. The van der Waals surface area contributed by atoms with Gasteiger partial charge in [0.05, 0.1) is 0 Å². The summed E-state index contributed by atoms with van der Waals surface area (Å²) in [5.41, 5.74) is 2.43. The fourth-order valence-corrected chi connectivity index (χ4v) is 1.34. The highest BCUT2D eigenvalue weighted by Gasteiger charge is 2.19. The maximum Gasteiger partial charge on any atom is 0.0416 e. The van der Waals surface area contributed by atoms with Gasteiger partial charge in [-0.05, 0) is 31.4 Å². The van der Waals surface area contributed by atoms with Gasteiger partial charge in [0, 0.05) is 30.9 Å². The Balaban J connectivity index is 1.76.